The highest BCUT2D eigenvalue weighted by molar-refractivity contribution is 5.95. The van der Waals surface area contributed by atoms with Crippen molar-refractivity contribution in [1.29, 1.82) is 0 Å². The molecule has 1 aromatic rings. The van der Waals surface area contributed by atoms with E-state index in [9.17, 15) is 4.79 Å². The van der Waals surface area contributed by atoms with Crippen LogP contribution in [0.25, 0.3) is 0 Å². The van der Waals surface area contributed by atoms with Crippen molar-refractivity contribution in [3.8, 4) is 0 Å². The summed E-state index contributed by atoms with van der Waals surface area (Å²) >= 11 is 0. The number of ketones is 1. The number of fused-ring (bicyclic) bond motifs is 8. The third kappa shape index (κ3) is 2.67. The van der Waals surface area contributed by atoms with Gasteiger partial charge in [-0.1, -0.05) is 59.2 Å². The van der Waals surface area contributed by atoms with Crippen LogP contribution in [0.15, 0.2) is 22.4 Å². The highest BCUT2D eigenvalue weighted by Gasteiger charge is 2.70. The summed E-state index contributed by atoms with van der Waals surface area (Å²) in [7, 11) is 0. The number of hydrogen-bond donors (Lipinski definition) is 2. The minimum atomic E-state index is -0.112. The van der Waals surface area contributed by atoms with Crippen molar-refractivity contribution in [3.63, 3.8) is 0 Å². The van der Waals surface area contributed by atoms with E-state index in [2.05, 4.69) is 65.1 Å². The maximum Gasteiger partial charge on any atom is 0.159 e. The van der Waals surface area contributed by atoms with Crippen LogP contribution in [-0.4, -0.2) is 16.5 Å². The van der Waals surface area contributed by atoms with E-state index in [-0.39, 0.29) is 39.0 Å². The molecule has 0 spiro atoms. The van der Waals surface area contributed by atoms with Crippen molar-refractivity contribution in [2.24, 2.45) is 51.7 Å². The number of allylic oxidation sites excluding steroid dienone is 2. The first-order valence-electron chi connectivity index (χ1n) is 14.0. The number of carbonyl (C=O) groups excluding carboxylic acids is 1. The Morgan fingerprint density at radius 1 is 1.06 bits per heavy atom. The SMILES string of the molecule is C[C@@H]1[C@H]2[C@H]3C(=O)C=C4[C@@]5(C)Cc6cnoc6C(C)(C)[C@@H]5CC[C@@]4(C)[C@]3(C)CC[C@@]2(NN)CC[C@H]1C. The van der Waals surface area contributed by atoms with Gasteiger partial charge in [-0.15, -0.1) is 0 Å². The lowest BCUT2D eigenvalue weighted by atomic mass is 9.34. The maximum atomic E-state index is 14.4. The van der Waals surface area contributed by atoms with Crippen LogP contribution in [0, 0.1) is 45.8 Å². The fourth-order valence-corrected chi connectivity index (χ4v) is 10.8. The molecule has 0 aromatic carbocycles. The monoisotopic (exact) mass is 479 g/mol. The molecule has 5 heteroatoms. The van der Waals surface area contributed by atoms with E-state index in [1.54, 1.807) is 0 Å². The number of rotatable bonds is 1. The molecule has 35 heavy (non-hydrogen) atoms. The summed E-state index contributed by atoms with van der Waals surface area (Å²) in [5.41, 5.74) is 5.61. The highest BCUT2D eigenvalue weighted by atomic mass is 16.5. The Bertz CT molecular complexity index is 1100. The van der Waals surface area contributed by atoms with Gasteiger partial charge in [-0.3, -0.25) is 16.1 Å². The summed E-state index contributed by atoms with van der Waals surface area (Å²) < 4.78 is 5.80. The molecule has 0 radical (unpaired) electrons. The van der Waals surface area contributed by atoms with Crippen molar-refractivity contribution in [2.45, 2.75) is 104 Å². The van der Waals surface area contributed by atoms with E-state index in [1.807, 2.05) is 6.20 Å². The van der Waals surface area contributed by atoms with Gasteiger partial charge < -0.3 is 4.52 Å². The maximum absolute atomic E-state index is 14.4. The van der Waals surface area contributed by atoms with Crippen molar-refractivity contribution in [1.82, 2.24) is 10.6 Å². The van der Waals surface area contributed by atoms with Crippen molar-refractivity contribution in [2.75, 3.05) is 0 Å². The highest BCUT2D eigenvalue weighted by Crippen LogP contribution is 2.73. The fourth-order valence-electron chi connectivity index (χ4n) is 10.8. The zero-order chi connectivity index (χ0) is 25.2. The Balaban J connectivity index is 1.52. The molecular weight excluding hydrogens is 434 g/mol. The van der Waals surface area contributed by atoms with Crippen LogP contribution >= 0.6 is 0 Å². The van der Waals surface area contributed by atoms with Gasteiger partial charge in [0, 0.05) is 22.4 Å². The molecule has 1 aromatic heterocycles. The Morgan fingerprint density at radius 3 is 2.51 bits per heavy atom. The van der Waals surface area contributed by atoms with E-state index < -0.39 is 0 Å². The first kappa shape index (κ1) is 23.9. The lowest BCUT2D eigenvalue weighted by molar-refractivity contribution is -0.166. The number of nitrogens with one attached hydrogen (secondary N) is 1. The summed E-state index contributed by atoms with van der Waals surface area (Å²) in [5, 5.41) is 4.20. The zero-order valence-corrected chi connectivity index (χ0v) is 22.8. The van der Waals surface area contributed by atoms with Crippen LogP contribution in [0.1, 0.15) is 98.3 Å². The van der Waals surface area contributed by atoms with E-state index in [4.69, 9.17) is 10.4 Å². The number of nitrogens with two attached hydrogens (primary N) is 1. The van der Waals surface area contributed by atoms with E-state index >= 15 is 0 Å². The van der Waals surface area contributed by atoms with Crippen molar-refractivity contribution >= 4 is 5.78 Å². The molecular formula is C30H45N3O2. The largest absolute Gasteiger partial charge is 0.361 e. The number of carbonyl (C=O) groups is 1. The lowest BCUT2D eigenvalue weighted by Gasteiger charge is -2.70. The minimum absolute atomic E-state index is 0.00272. The van der Waals surface area contributed by atoms with Crippen LogP contribution in [-0.2, 0) is 16.6 Å². The average Bonchev–Trinajstić information content (AvgIpc) is 3.27. The molecule has 192 valence electrons. The molecule has 0 bridgehead atoms. The molecule has 5 aliphatic rings. The number of nitrogens with zero attached hydrogens (tertiary/aromatic N) is 1. The third-order valence-electron chi connectivity index (χ3n) is 13.0. The number of hydrogen-bond acceptors (Lipinski definition) is 5. The van der Waals surface area contributed by atoms with Gasteiger partial charge in [0.1, 0.15) is 5.76 Å². The van der Waals surface area contributed by atoms with Gasteiger partial charge in [0.2, 0.25) is 0 Å². The molecule has 0 aliphatic heterocycles. The topological polar surface area (TPSA) is 81.2 Å². The van der Waals surface area contributed by atoms with Crippen LogP contribution < -0.4 is 11.3 Å². The first-order valence-corrected chi connectivity index (χ1v) is 14.0. The molecule has 0 saturated heterocycles. The molecule has 0 amide bonds. The molecule has 9 atom stereocenters. The van der Waals surface area contributed by atoms with E-state index in [0.717, 1.165) is 44.3 Å². The number of hydrazine groups is 1. The number of aromatic nitrogens is 1. The summed E-state index contributed by atoms with van der Waals surface area (Å²) in [6, 6.07) is 0. The molecule has 3 N–H and O–H groups in total. The average molecular weight is 480 g/mol. The second-order valence-electron chi connectivity index (χ2n) is 14.5. The molecule has 5 nitrogen and oxygen atoms in total. The summed E-state index contributed by atoms with van der Waals surface area (Å²) in [4.78, 5) is 14.4. The standard InChI is InChI=1S/C30H45N3O2/c1-17-8-11-30(33-31)13-12-29(7)24(23(30)18(17)2)20(34)14-22-27(5)15-19-16-32-35-25(19)26(3,4)21(27)9-10-28(22,29)6/h14,16-18,21,23-24,33H,8-13,15,31H2,1-7H3/t17-,18+,21+,23+,24-,27+,28-,29-,30+/m1/s1. The predicted octanol–water partition coefficient (Wildman–Crippen LogP) is 5.74. The van der Waals surface area contributed by atoms with Gasteiger partial charge in [-0.2, -0.15) is 0 Å². The summed E-state index contributed by atoms with van der Waals surface area (Å²) in [6.07, 6.45) is 11.7. The Hall–Kier alpha value is -1.46. The van der Waals surface area contributed by atoms with Crippen molar-refractivity contribution in [3.05, 3.63) is 29.2 Å². The molecule has 3 saturated carbocycles. The van der Waals surface area contributed by atoms with Crippen LogP contribution in [0.5, 0.6) is 0 Å². The molecule has 1 heterocycles. The Morgan fingerprint density at radius 2 is 1.80 bits per heavy atom. The third-order valence-corrected chi connectivity index (χ3v) is 13.0. The summed E-state index contributed by atoms with van der Waals surface area (Å²) in [5.74, 6) is 9.58. The lowest BCUT2D eigenvalue weighted by Crippen LogP contribution is -2.71. The fraction of sp³-hybridized carbons (Fsp3) is 0.800. The minimum Gasteiger partial charge on any atom is -0.361 e. The second kappa shape index (κ2) is 7.10. The van der Waals surface area contributed by atoms with Crippen LogP contribution in [0.4, 0.5) is 0 Å². The smallest absolute Gasteiger partial charge is 0.159 e. The normalized spacial score (nSPS) is 50.2. The Labute approximate surface area is 211 Å². The molecule has 0 unspecified atom stereocenters. The predicted molar refractivity (Wildman–Crippen MR) is 137 cm³/mol. The van der Waals surface area contributed by atoms with Gasteiger partial charge in [0.05, 0.1) is 6.20 Å². The van der Waals surface area contributed by atoms with Gasteiger partial charge in [-0.25, -0.2) is 0 Å². The zero-order valence-electron chi connectivity index (χ0n) is 22.8. The quantitative estimate of drug-likeness (QED) is 0.396. The second-order valence-corrected chi connectivity index (χ2v) is 14.5. The first-order chi connectivity index (χ1) is 16.4. The van der Waals surface area contributed by atoms with Crippen molar-refractivity contribution < 1.29 is 9.32 Å². The van der Waals surface area contributed by atoms with E-state index in [0.29, 0.717) is 23.5 Å². The summed E-state index contributed by atoms with van der Waals surface area (Å²) in [6.45, 7) is 16.8. The van der Waals surface area contributed by atoms with Crippen LogP contribution in [0.2, 0.25) is 0 Å². The van der Waals surface area contributed by atoms with Gasteiger partial charge in [0.15, 0.2) is 5.78 Å². The Kier molecular flexibility index (Phi) is 4.85. The molecule has 6 rings (SSSR count). The van der Waals surface area contributed by atoms with Crippen LogP contribution in [0.3, 0.4) is 0 Å². The molecule has 5 aliphatic carbocycles. The van der Waals surface area contributed by atoms with E-state index in [1.165, 1.54) is 17.6 Å². The molecule has 3 fully saturated rings. The van der Waals surface area contributed by atoms with Gasteiger partial charge in [-0.05, 0) is 90.9 Å². The van der Waals surface area contributed by atoms with Gasteiger partial charge >= 0.3 is 0 Å². The van der Waals surface area contributed by atoms with Gasteiger partial charge in [0.25, 0.3) is 0 Å².